The molecule has 0 atom stereocenters. The zero-order valence-corrected chi connectivity index (χ0v) is 19.3. The molecule has 0 bridgehead atoms. The van der Waals surface area contributed by atoms with Crippen LogP contribution in [0.15, 0.2) is 84.0 Å². The number of halogens is 1. The molecule has 10 heteroatoms. The molecule has 3 aromatic carbocycles. The van der Waals surface area contributed by atoms with E-state index in [1.807, 2.05) is 30.3 Å². The minimum Gasteiger partial charge on any atom is -0.336 e. The first-order chi connectivity index (χ1) is 17.1. The first-order valence-electron chi connectivity index (χ1n) is 10.9. The number of thioether (sulfide) groups is 1. The van der Waals surface area contributed by atoms with Crippen molar-refractivity contribution >= 4 is 35.1 Å². The van der Waals surface area contributed by atoms with E-state index in [2.05, 4.69) is 20.8 Å². The predicted octanol–water partition coefficient (Wildman–Crippen LogP) is 4.33. The second-order valence-corrected chi connectivity index (χ2v) is 8.67. The third kappa shape index (κ3) is 4.87. The standard InChI is InChI=1S/C25H21FN6O2S/c26-21-9-5-4-8-20(21)23-29-30-25(32(23)19-6-2-1-3-7-19)35-16-22(33)28-17-10-12-18(13-11-17)31-15-14-27-24(31)34/h1-13H,14-16H2,(H,27,34)(H,28,33). The van der Waals surface area contributed by atoms with Gasteiger partial charge in [-0.25, -0.2) is 9.18 Å². The number of carbonyl (C=O) groups excluding carboxylic acids is 2. The Bertz CT molecular complexity index is 1360. The molecule has 0 unspecified atom stereocenters. The van der Waals surface area contributed by atoms with Gasteiger partial charge in [0.15, 0.2) is 11.0 Å². The molecule has 1 saturated heterocycles. The van der Waals surface area contributed by atoms with Crippen LogP contribution >= 0.6 is 11.8 Å². The summed E-state index contributed by atoms with van der Waals surface area (Å²) in [5.41, 5.74) is 2.48. The van der Waals surface area contributed by atoms with Gasteiger partial charge in [-0.1, -0.05) is 42.1 Å². The smallest absolute Gasteiger partial charge is 0.321 e. The summed E-state index contributed by atoms with van der Waals surface area (Å²) in [5, 5.41) is 14.5. The Morgan fingerprint density at radius 2 is 1.71 bits per heavy atom. The van der Waals surface area contributed by atoms with Crippen LogP contribution in [0.5, 0.6) is 0 Å². The first-order valence-corrected chi connectivity index (χ1v) is 11.9. The molecule has 1 aliphatic heterocycles. The Labute approximate surface area is 205 Å². The second kappa shape index (κ2) is 9.98. The van der Waals surface area contributed by atoms with Crippen molar-refractivity contribution in [1.29, 1.82) is 0 Å². The third-order valence-electron chi connectivity index (χ3n) is 5.41. The van der Waals surface area contributed by atoms with Gasteiger partial charge in [-0.2, -0.15) is 0 Å². The van der Waals surface area contributed by atoms with E-state index in [1.165, 1.54) is 17.8 Å². The maximum Gasteiger partial charge on any atom is 0.321 e. The third-order valence-corrected chi connectivity index (χ3v) is 6.34. The topological polar surface area (TPSA) is 92.2 Å². The van der Waals surface area contributed by atoms with Gasteiger partial charge >= 0.3 is 6.03 Å². The van der Waals surface area contributed by atoms with E-state index in [4.69, 9.17) is 0 Å². The minimum absolute atomic E-state index is 0.0819. The number of nitrogens with one attached hydrogen (secondary N) is 2. The molecule has 1 aromatic heterocycles. The number of hydrogen-bond acceptors (Lipinski definition) is 5. The van der Waals surface area contributed by atoms with E-state index in [0.717, 1.165) is 11.4 Å². The number of hydrogen-bond donors (Lipinski definition) is 2. The van der Waals surface area contributed by atoms with E-state index in [-0.39, 0.29) is 17.7 Å². The lowest BCUT2D eigenvalue weighted by molar-refractivity contribution is -0.113. The lowest BCUT2D eigenvalue weighted by atomic mass is 10.2. The fourth-order valence-electron chi connectivity index (χ4n) is 3.76. The van der Waals surface area contributed by atoms with Gasteiger partial charge in [0.2, 0.25) is 5.91 Å². The van der Waals surface area contributed by atoms with Crippen LogP contribution in [0, 0.1) is 5.82 Å². The van der Waals surface area contributed by atoms with Crippen molar-refractivity contribution in [3.05, 3.63) is 84.7 Å². The molecular formula is C25H21FN6O2S. The maximum atomic E-state index is 14.5. The molecule has 0 saturated carbocycles. The molecule has 1 fully saturated rings. The number of rotatable bonds is 7. The highest BCUT2D eigenvalue weighted by atomic mass is 32.2. The molecule has 0 spiro atoms. The second-order valence-electron chi connectivity index (χ2n) is 7.72. The fraction of sp³-hybridized carbons (Fsp3) is 0.120. The molecule has 8 nitrogen and oxygen atoms in total. The molecule has 2 N–H and O–H groups in total. The summed E-state index contributed by atoms with van der Waals surface area (Å²) in [5.74, 6) is -0.185. The summed E-state index contributed by atoms with van der Waals surface area (Å²) in [6, 6.07) is 22.7. The molecule has 176 valence electrons. The van der Waals surface area contributed by atoms with Crippen LogP contribution in [0.4, 0.5) is 20.6 Å². The van der Waals surface area contributed by atoms with Gasteiger partial charge in [0.1, 0.15) is 5.82 Å². The Morgan fingerprint density at radius 1 is 0.971 bits per heavy atom. The van der Waals surface area contributed by atoms with Crippen LogP contribution < -0.4 is 15.5 Å². The largest absolute Gasteiger partial charge is 0.336 e. The average Bonchev–Trinajstić information content (AvgIpc) is 3.50. The minimum atomic E-state index is -0.402. The summed E-state index contributed by atoms with van der Waals surface area (Å²) < 4.78 is 16.3. The Morgan fingerprint density at radius 3 is 2.43 bits per heavy atom. The van der Waals surface area contributed by atoms with E-state index in [1.54, 1.807) is 51.9 Å². The molecule has 5 rings (SSSR count). The zero-order chi connectivity index (χ0) is 24.2. The number of amides is 3. The van der Waals surface area contributed by atoms with Crippen molar-refractivity contribution in [2.45, 2.75) is 5.16 Å². The molecule has 0 radical (unpaired) electrons. The molecule has 3 amide bonds. The van der Waals surface area contributed by atoms with Crippen LogP contribution in [0.25, 0.3) is 17.1 Å². The fourth-order valence-corrected chi connectivity index (χ4v) is 4.51. The number of anilines is 2. The van der Waals surface area contributed by atoms with Crippen molar-refractivity contribution in [3.8, 4) is 17.1 Å². The molecule has 35 heavy (non-hydrogen) atoms. The van der Waals surface area contributed by atoms with Gasteiger partial charge in [0.25, 0.3) is 0 Å². The quantitative estimate of drug-likeness (QED) is 0.378. The summed E-state index contributed by atoms with van der Waals surface area (Å²) >= 11 is 1.21. The van der Waals surface area contributed by atoms with Crippen molar-refractivity contribution in [2.24, 2.45) is 0 Å². The van der Waals surface area contributed by atoms with Crippen molar-refractivity contribution in [3.63, 3.8) is 0 Å². The number of carbonyl (C=O) groups is 2. The average molecular weight is 489 g/mol. The maximum absolute atomic E-state index is 14.5. The molecular weight excluding hydrogens is 467 g/mol. The number of urea groups is 1. The van der Waals surface area contributed by atoms with Gasteiger partial charge in [-0.3, -0.25) is 14.3 Å². The molecule has 4 aromatic rings. The van der Waals surface area contributed by atoms with E-state index < -0.39 is 5.82 Å². The normalized spacial score (nSPS) is 13.1. The van der Waals surface area contributed by atoms with Crippen molar-refractivity contribution in [1.82, 2.24) is 20.1 Å². The van der Waals surface area contributed by atoms with E-state index in [0.29, 0.717) is 35.3 Å². The lowest BCUT2D eigenvalue weighted by Gasteiger charge is -2.14. The Balaban J connectivity index is 1.31. The van der Waals surface area contributed by atoms with Crippen LogP contribution in [0.3, 0.4) is 0 Å². The van der Waals surface area contributed by atoms with Gasteiger partial charge in [-0.05, 0) is 48.5 Å². The Hall–Kier alpha value is -4.18. The zero-order valence-electron chi connectivity index (χ0n) is 18.5. The number of para-hydroxylation sites is 1. The highest BCUT2D eigenvalue weighted by molar-refractivity contribution is 7.99. The van der Waals surface area contributed by atoms with E-state index >= 15 is 0 Å². The summed E-state index contributed by atoms with van der Waals surface area (Å²) in [7, 11) is 0. The van der Waals surface area contributed by atoms with Gasteiger partial charge in [-0.15, -0.1) is 10.2 Å². The molecule has 2 heterocycles. The highest BCUT2D eigenvalue weighted by Gasteiger charge is 2.21. The van der Waals surface area contributed by atoms with Crippen LogP contribution in [-0.2, 0) is 4.79 Å². The van der Waals surface area contributed by atoms with E-state index in [9.17, 15) is 14.0 Å². The molecule has 0 aliphatic carbocycles. The van der Waals surface area contributed by atoms with Crippen LogP contribution in [0.1, 0.15) is 0 Å². The van der Waals surface area contributed by atoms with Crippen LogP contribution in [0.2, 0.25) is 0 Å². The number of nitrogens with zero attached hydrogens (tertiary/aromatic N) is 4. The Kier molecular flexibility index (Phi) is 6.44. The first kappa shape index (κ1) is 22.6. The van der Waals surface area contributed by atoms with Gasteiger partial charge in [0.05, 0.1) is 11.3 Å². The number of benzene rings is 3. The summed E-state index contributed by atoms with van der Waals surface area (Å²) in [6.45, 7) is 1.22. The predicted molar refractivity (Wildman–Crippen MR) is 133 cm³/mol. The van der Waals surface area contributed by atoms with Crippen molar-refractivity contribution in [2.75, 3.05) is 29.1 Å². The van der Waals surface area contributed by atoms with Crippen LogP contribution in [-0.4, -0.2) is 45.5 Å². The van der Waals surface area contributed by atoms with Gasteiger partial charge in [0, 0.05) is 30.2 Å². The highest BCUT2D eigenvalue weighted by Crippen LogP contribution is 2.29. The van der Waals surface area contributed by atoms with Crippen molar-refractivity contribution < 1.29 is 14.0 Å². The monoisotopic (exact) mass is 488 g/mol. The summed E-state index contributed by atoms with van der Waals surface area (Å²) in [6.07, 6.45) is 0. The molecule has 1 aliphatic rings. The van der Waals surface area contributed by atoms with Gasteiger partial charge < -0.3 is 10.6 Å². The lowest BCUT2D eigenvalue weighted by Crippen LogP contribution is -2.27. The SMILES string of the molecule is O=C(CSc1nnc(-c2ccccc2F)n1-c1ccccc1)Nc1ccc(N2CCNC2=O)cc1. The summed E-state index contributed by atoms with van der Waals surface area (Å²) in [4.78, 5) is 26.1. The number of aromatic nitrogens is 3.